The SMILES string of the molecule is CCc1nc(Cl)cc(NCC=C(Cl)Cl)n1. The summed E-state index contributed by atoms with van der Waals surface area (Å²) in [5, 5.41) is 3.43. The van der Waals surface area contributed by atoms with Crippen LogP contribution in [0.4, 0.5) is 5.82 Å². The predicted molar refractivity (Wildman–Crippen MR) is 64.7 cm³/mol. The van der Waals surface area contributed by atoms with Crippen LogP contribution in [0.3, 0.4) is 0 Å². The molecule has 3 nitrogen and oxygen atoms in total. The number of halogens is 3. The molecule has 1 heterocycles. The van der Waals surface area contributed by atoms with Gasteiger partial charge in [0.25, 0.3) is 0 Å². The summed E-state index contributed by atoms with van der Waals surface area (Å²) in [5.74, 6) is 1.36. The fourth-order valence-electron chi connectivity index (χ4n) is 0.946. The molecule has 0 unspecified atom stereocenters. The van der Waals surface area contributed by atoms with Gasteiger partial charge in [0.1, 0.15) is 21.3 Å². The van der Waals surface area contributed by atoms with Gasteiger partial charge < -0.3 is 5.32 Å². The number of hydrogen-bond donors (Lipinski definition) is 1. The Morgan fingerprint density at radius 2 is 2.20 bits per heavy atom. The van der Waals surface area contributed by atoms with E-state index in [9.17, 15) is 0 Å². The van der Waals surface area contributed by atoms with Gasteiger partial charge in [-0.15, -0.1) is 0 Å². The van der Waals surface area contributed by atoms with Crippen molar-refractivity contribution in [2.75, 3.05) is 11.9 Å². The second kappa shape index (κ2) is 6.16. The molecule has 0 bridgehead atoms. The second-order valence-corrected chi connectivity index (χ2v) is 4.12. The first-order chi connectivity index (χ1) is 7.11. The Kier molecular flexibility index (Phi) is 5.15. The van der Waals surface area contributed by atoms with Gasteiger partial charge in [-0.1, -0.05) is 41.7 Å². The van der Waals surface area contributed by atoms with Crippen LogP contribution < -0.4 is 5.32 Å². The van der Waals surface area contributed by atoms with Crippen molar-refractivity contribution in [1.29, 1.82) is 0 Å². The van der Waals surface area contributed by atoms with Crippen molar-refractivity contribution >= 4 is 40.6 Å². The molecular formula is C9H10Cl3N3. The first kappa shape index (κ1) is 12.6. The Labute approximate surface area is 103 Å². The van der Waals surface area contributed by atoms with Gasteiger partial charge in [-0.25, -0.2) is 9.97 Å². The minimum absolute atomic E-state index is 0.221. The maximum Gasteiger partial charge on any atom is 0.134 e. The van der Waals surface area contributed by atoms with E-state index in [0.29, 0.717) is 23.3 Å². The number of nitrogens with one attached hydrogen (secondary N) is 1. The molecule has 0 spiro atoms. The minimum Gasteiger partial charge on any atom is -0.366 e. The lowest BCUT2D eigenvalue weighted by molar-refractivity contribution is 0.939. The van der Waals surface area contributed by atoms with Gasteiger partial charge in [0.05, 0.1) is 0 Å². The van der Waals surface area contributed by atoms with Crippen LogP contribution in [0.5, 0.6) is 0 Å². The molecule has 0 saturated carbocycles. The van der Waals surface area contributed by atoms with E-state index in [4.69, 9.17) is 34.8 Å². The summed E-state index contributed by atoms with van der Waals surface area (Å²) in [7, 11) is 0. The van der Waals surface area contributed by atoms with E-state index in [0.717, 1.165) is 6.42 Å². The highest BCUT2D eigenvalue weighted by Gasteiger charge is 2.00. The van der Waals surface area contributed by atoms with Crippen molar-refractivity contribution < 1.29 is 0 Å². The first-order valence-electron chi connectivity index (χ1n) is 4.40. The van der Waals surface area contributed by atoms with Crippen LogP contribution in [0.15, 0.2) is 16.6 Å². The average molecular weight is 267 g/mol. The Bertz CT molecular complexity index is 362. The fraction of sp³-hybridized carbons (Fsp3) is 0.333. The van der Waals surface area contributed by atoms with E-state index in [1.54, 1.807) is 12.1 Å². The van der Waals surface area contributed by atoms with Gasteiger partial charge in [0, 0.05) is 19.0 Å². The topological polar surface area (TPSA) is 37.8 Å². The standard InChI is InChI=1S/C9H10Cl3N3/c1-2-8-14-7(12)5-9(15-8)13-4-3-6(10)11/h3,5H,2,4H2,1H3,(H,13,14,15). The number of anilines is 1. The molecule has 0 amide bonds. The van der Waals surface area contributed by atoms with Crippen molar-refractivity contribution in [3.05, 3.63) is 27.6 Å². The third-order valence-electron chi connectivity index (χ3n) is 1.60. The zero-order chi connectivity index (χ0) is 11.3. The maximum atomic E-state index is 5.81. The zero-order valence-corrected chi connectivity index (χ0v) is 10.4. The summed E-state index contributed by atoms with van der Waals surface area (Å²) in [6.07, 6.45) is 2.37. The smallest absolute Gasteiger partial charge is 0.134 e. The molecule has 1 N–H and O–H groups in total. The first-order valence-corrected chi connectivity index (χ1v) is 5.53. The van der Waals surface area contributed by atoms with Gasteiger partial charge in [-0.2, -0.15) is 0 Å². The number of nitrogens with zero attached hydrogens (tertiary/aromatic N) is 2. The molecule has 0 aliphatic heterocycles. The average Bonchev–Trinajstić information content (AvgIpc) is 2.16. The Morgan fingerprint density at radius 3 is 2.80 bits per heavy atom. The summed E-state index contributed by atoms with van der Waals surface area (Å²) < 4.78 is 0.221. The summed E-state index contributed by atoms with van der Waals surface area (Å²) in [6, 6.07) is 1.65. The molecule has 15 heavy (non-hydrogen) atoms. The lowest BCUT2D eigenvalue weighted by atomic mass is 10.4. The molecule has 6 heteroatoms. The summed E-state index contributed by atoms with van der Waals surface area (Å²) >= 11 is 16.7. The van der Waals surface area contributed by atoms with Crippen molar-refractivity contribution in [2.24, 2.45) is 0 Å². The van der Waals surface area contributed by atoms with Crippen LogP contribution in [0.2, 0.25) is 5.15 Å². The highest BCUT2D eigenvalue weighted by molar-refractivity contribution is 6.55. The maximum absolute atomic E-state index is 5.81. The van der Waals surface area contributed by atoms with E-state index in [1.165, 1.54) is 0 Å². The quantitative estimate of drug-likeness (QED) is 0.849. The molecule has 0 aliphatic rings. The largest absolute Gasteiger partial charge is 0.366 e. The Morgan fingerprint density at radius 1 is 1.47 bits per heavy atom. The van der Waals surface area contributed by atoms with Gasteiger partial charge in [-0.3, -0.25) is 0 Å². The van der Waals surface area contributed by atoms with E-state index in [-0.39, 0.29) is 4.49 Å². The third-order valence-corrected chi connectivity index (χ3v) is 2.10. The monoisotopic (exact) mass is 265 g/mol. The number of aromatic nitrogens is 2. The number of hydrogen-bond acceptors (Lipinski definition) is 3. The summed E-state index contributed by atoms with van der Waals surface area (Å²) in [5.41, 5.74) is 0. The van der Waals surface area contributed by atoms with Crippen LogP contribution in [-0.2, 0) is 6.42 Å². The highest BCUT2D eigenvalue weighted by atomic mass is 35.5. The van der Waals surface area contributed by atoms with E-state index >= 15 is 0 Å². The Hall–Kier alpha value is -0.510. The van der Waals surface area contributed by atoms with Gasteiger partial charge in [-0.05, 0) is 6.08 Å². The van der Waals surface area contributed by atoms with Gasteiger partial charge in [0.2, 0.25) is 0 Å². The molecule has 1 aromatic rings. The van der Waals surface area contributed by atoms with Crippen LogP contribution in [0.1, 0.15) is 12.7 Å². The molecule has 1 rings (SSSR count). The van der Waals surface area contributed by atoms with Crippen molar-refractivity contribution in [2.45, 2.75) is 13.3 Å². The second-order valence-electron chi connectivity index (χ2n) is 2.72. The lowest BCUT2D eigenvalue weighted by Crippen LogP contribution is -2.04. The third kappa shape index (κ3) is 4.69. The molecule has 0 aromatic carbocycles. The van der Waals surface area contributed by atoms with Crippen LogP contribution in [-0.4, -0.2) is 16.5 Å². The molecule has 0 fully saturated rings. The van der Waals surface area contributed by atoms with Crippen molar-refractivity contribution in [3.63, 3.8) is 0 Å². The van der Waals surface area contributed by atoms with E-state index in [1.807, 2.05) is 6.92 Å². The number of aryl methyl sites for hydroxylation is 1. The van der Waals surface area contributed by atoms with Crippen molar-refractivity contribution in [3.8, 4) is 0 Å². The molecule has 82 valence electrons. The molecular weight excluding hydrogens is 256 g/mol. The lowest BCUT2D eigenvalue weighted by Gasteiger charge is -2.04. The van der Waals surface area contributed by atoms with Gasteiger partial charge >= 0.3 is 0 Å². The molecule has 0 radical (unpaired) electrons. The normalized spacial score (nSPS) is 9.87. The van der Waals surface area contributed by atoms with E-state index in [2.05, 4.69) is 15.3 Å². The molecule has 1 aromatic heterocycles. The Balaban J connectivity index is 2.68. The molecule has 0 saturated heterocycles. The number of rotatable bonds is 4. The van der Waals surface area contributed by atoms with E-state index < -0.39 is 0 Å². The zero-order valence-electron chi connectivity index (χ0n) is 8.10. The molecule has 0 atom stereocenters. The van der Waals surface area contributed by atoms with Gasteiger partial charge in [0.15, 0.2) is 0 Å². The fourth-order valence-corrected chi connectivity index (χ4v) is 1.30. The molecule has 0 aliphatic carbocycles. The highest BCUT2D eigenvalue weighted by Crippen LogP contribution is 2.12. The van der Waals surface area contributed by atoms with Crippen molar-refractivity contribution in [1.82, 2.24) is 9.97 Å². The summed E-state index contributed by atoms with van der Waals surface area (Å²) in [4.78, 5) is 8.27. The van der Waals surface area contributed by atoms with Crippen LogP contribution in [0, 0.1) is 0 Å². The van der Waals surface area contributed by atoms with Crippen LogP contribution in [0.25, 0.3) is 0 Å². The van der Waals surface area contributed by atoms with Crippen LogP contribution >= 0.6 is 34.8 Å². The predicted octanol–water partition coefficient (Wildman–Crippen LogP) is 3.42. The minimum atomic E-state index is 0.221. The summed E-state index contributed by atoms with van der Waals surface area (Å²) in [6.45, 7) is 2.46.